The van der Waals surface area contributed by atoms with Crippen molar-refractivity contribution in [2.45, 2.75) is 45.3 Å². The highest BCUT2D eigenvalue weighted by Gasteiger charge is 2.39. The van der Waals surface area contributed by atoms with E-state index in [9.17, 15) is 35.8 Å². The highest BCUT2D eigenvalue weighted by molar-refractivity contribution is 5.52. The van der Waals surface area contributed by atoms with Crippen LogP contribution in [-0.2, 0) is 19.1 Å². The molecule has 10 heteroatoms. The van der Waals surface area contributed by atoms with E-state index in [0.717, 1.165) is 28.5 Å². The van der Waals surface area contributed by atoms with Gasteiger partial charge in [-0.05, 0) is 60.9 Å². The Bertz CT molecular complexity index is 1190. The van der Waals surface area contributed by atoms with E-state index in [-0.39, 0.29) is 23.1 Å². The van der Waals surface area contributed by atoms with Crippen LogP contribution in [0.4, 0.5) is 36.4 Å². The Hall–Kier alpha value is -3.27. The smallest absolute Gasteiger partial charge is 0.416 e. The molecule has 3 aromatic carbocycles. The zero-order valence-corrected chi connectivity index (χ0v) is 19.4. The van der Waals surface area contributed by atoms with Gasteiger partial charge in [0.2, 0.25) is 0 Å². The van der Waals surface area contributed by atoms with E-state index >= 15 is 0 Å². The van der Waals surface area contributed by atoms with Gasteiger partial charge in [0.05, 0.1) is 12.1 Å². The van der Waals surface area contributed by atoms with Gasteiger partial charge in [0.15, 0.2) is 6.10 Å². The summed E-state index contributed by atoms with van der Waals surface area (Å²) in [7, 11) is 0. The molecule has 0 saturated carbocycles. The van der Waals surface area contributed by atoms with E-state index in [4.69, 9.17) is 4.74 Å². The van der Waals surface area contributed by atoms with E-state index in [1.807, 2.05) is 26.0 Å². The lowest BCUT2D eigenvalue weighted by atomic mass is 10.1. The van der Waals surface area contributed by atoms with Gasteiger partial charge in [-0.15, -0.1) is 0 Å². The molecule has 0 amide bonds. The van der Waals surface area contributed by atoms with Gasteiger partial charge in [-0.2, -0.15) is 26.3 Å². The summed E-state index contributed by atoms with van der Waals surface area (Å²) in [6, 6.07) is 13.2. The fourth-order valence-electron chi connectivity index (χ4n) is 3.60. The molecule has 0 aliphatic rings. The van der Waals surface area contributed by atoms with Gasteiger partial charge in [-0.25, -0.2) is 4.39 Å². The zero-order valence-electron chi connectivity index (χ0n) is 19.4. The predicted octanol–water partition coefficient (Wildman–Crippen LogP) is 7.44. The summed E-state index contributed by atoms with van der Waals surface area (Å²) in [5.41, 5.74) is 0.791. The van der Waals surface area contributed by atoms with E-state index in [1.54, 1.807) is 12.1 Å². The summed E-state index contributed by atoms with van der Waals surface area (Å²) >= 11 is 0. The Morgan fingerprint density at radius 1 is 0.889 bits per heavy atom. The standard InChI is InChI=1S/C26H24F7NO2/c1-3-17-11-22(10-7-16(17)2)36-21-6-4-5-20(13-21)34(15-24(35)26(31,32)33)14-18-8-9-19(12-23(18)27)25(28,29)30/h4-13,24,35H,3,14-15H2,1-2H3/t24-/m1/s1. The third kappa shape index (κ3) is 6.90. The van der Waals surface area contributed by atoms with Crippen LogP contribution in [0.25, 0.3) is 0 Å². The van der Waals surface area contributed by atoms with Crippen LogP contribution in [0.15, 0.2) is 60.7 Å². The average molecular weight is 515 g/mol. The van der Waals surface area contributed by atoms with Gasteiger partial charge in [0.25, 0.3) is 0 Å². The molecule has 36 heavy (non-hydrogen) atoms. The van der Waals surface area contributed by atoms with Crippen molar-refractivity contribution in [1.29, 1.82) is 0 Å². The number of halogens is 7. The summed E-state index contributed by atoms with van der Waals surface area (Å²) in [6.07, 6.45) is -11.7. The number of aliphatic hydroxyl groups excluding tert-OH is 1. The third-order valence-corrected chi connectivity index (χ3v) is 5.63. The first kappa shape index (κ1) is 27.3. The molecule has 0 fully saturated rings. The molecular formula is C26H24F7NO2. The van der Waals surface area contributed by atoms with Crippen molar-refractivity contribution in [1.82, 2.24) is 0 Å². The van der Waals surface area contributed by atoms with Crippen LogP contribution in [0.1, 0.15) is 29.2 Å². The van der Waals surface area contributed by atoms with Gasteiger partial charge in [0, 0.05) is 23.9 Å². The number of nitrogens with zero attached hydrogens (tertiary/aromatic N) is 1. The summed E-state index contributed by atoms with van der Waals surface area (Å²) in [5, 5.41) is 9.66. The first-order valence-electron chi connectivity index (χ1n) is 11.0. The maximum absolute atomic E-state index is 14.5. The van der Waals surface area contributed by atoms with Crippen LogP contribution in [-0.4, -0.2) is 23.9 Å². The van der Waals surface area contributed by atoms with E-state index in [1.165, 1.54) is 18.2 Å². The van der Waals surface area contributed by atoms with E-state index in [2.05, 4.69) is 0 Å². The number of ether oxygens (including phenoxy) is 1. The molecular weight excluding hydrogens is 491 g/mol. The average Bonchev–Trinajstić information content (AvgIpc) is 2.79. The molecule has 3 nitrogen and oxygen atoms in total. The van der Waals surface area contributed by atoms with Crippen LogP contribution in [0.2, 0.25) is 0 Å². The number of hydrogen-bond acceptors (Lipinski definition) is 3. The number of hydrogen-bond donors (Lipinski definition) is 1. The molecule has 1 N–H and O–H groups in total. The minimum atomic E-state index is -4.95. The number of anilines is 1. The van der Waals surface area contributed by atoms with E-state index in [0.29, 0.717) is 11.8 Å². The molecule has 3 rings (SSSR count). The molecule has 0 aliphatic heterocycles. The van der Waals surface area contributed by atoms with Crippen LogP contribution in [0.3, 0.4) is 0 Å². The second-order valence-corrected chi connectivity index (χ2v) is 8.28. The molecule has 1 atom stereocenters. The zero-order chi connectivity index (χ0) is 26.7. The van der Waals surface area contributed by atoms with Crippen molar-refractivity contribution in [3.63, 3.8) is 0 Å². The maximum atomic E-state index is 14.5. The lowest BCUT2D eigenvalue weighted by Gasteiger charge is -2.29. The van der Waals surface area contributed by atoms with Crippen LogP contribution >= 0.6 is 0 Å². The van der Waals surface area contributed by atoms with E-state index < -0.39 is 42.9 Å². The highest BCUT2D eigenvalue weighted by atomic mass is 19.4. The van der Waals surface area contributed by atoms with Gasteiger partial charge in [-0.1, -0.05) is 25.1 Å². The molecule has 0 saturated heterocycles. The van der Waals surface area contributed by atoms with Crippen molar-refractivity contribution in [2.75, 3.05) is 11.4 Å². The van der Waals surface area contributed by atoms with Crippen molar-refractivity contribution < 1.29 is 40.6 Å². The normalized spacial score (nSPS) is 12.9. The summed E-state index contributed by atoms with van der Waals surface area (Å²) in [5.74, 6) is -0.446. The SMILES string of the molecule is CCc1cc(Oc2cccc(N(Cc3ccc(C(F)(F)F)cc3F)C[C@@H](O)C(F)(F)F)c2)ccc1C. The molecule has 0 spiro atoms. The van der Waals surface area contributed by atoms with Crippen LogP contribution in [0, 0.1) is 12.7 Å². The highest BCUT2D eigenvalue weighted by Crippen LogP contribution is 2.33. The van der Waals surface area contributed by atoms with Gasteiger partial charge < -0.3 is 14.7 Å². The van der Waals surface area contributed by atoms with Crippen molar-refractivity contribution in [3.05, 3.63) is 88.7 Å². The van der Waals surface area contributed by atoms with Crippen molar-refractivity contribution in [3.8, 4) is 11.5 Å². The molecule has 0 heterocycles. The molecule has 194 valence electrons. The quantitative estimate of drug-likeness (QED) is 0.317. The fraction of sp³-hybridized carbons (Fsp3) is 0.308. The maximum Gasteiger partial charge on any atom is 0.416 e. The molecule has 0 unspecified atom stereocenters. The largest absolute Gasteiger partial charge is 0.457 e. The molecule has 3 aromatic rings. The topological polar surface area (TPSA) is 32.7 Å². The number of aliphatic hydroxyl groups is 1. The Balaban J connectivity index is 1.92. The number of alkyl halides is 6. The first-order valence-corrected chi connectivity index (χ1v) is 11.0. The van der Waals surface area contributed by atoms with Crippen LogP contribution in [0.5, 0.6) is 11.5 Å². The Kier molecular flexibility index (Phi) is 8.18. The number of aryl methyl sites for hydroxylation is 2. The minimum Gasteiger partial charge on any atom is -0.457 e. The van der Waals surface area contributed by atoms with Crippen LogP contribution < -0.4 is 9.64 Å². The van der Waals surface area contributed by atoms with Gasteiger partial charge in [-0.3, -0.25) is 0 Å². The van der Waals surface area contributed by atoms with Gasteiger partial charge >= 0.3 is 12.4 Å². The van der Waals surface area contributed by atoms with Crippen molar-refractivity contribution >= 4 is 5.69 Å². The molecule has 0 bridgehead atoms. The lowest BCUT2D eigenvalue weighted by Crippen LogP contribution is -2.41. The second-order valence-electron chi connectivity index (χ2n) is 8.28. The number of rotatable bonds is 8. The Morgan fingerprint density at radius 2 is 1.58 bits per heavy atom. The predicted molar refractivity (Wildman–Crippen MR) is 122 cm³/mol. The molecule has 0 aliphatic carbocycles. The molecule has 0 aromatic heterocycles. The summed E-state index contributed by atoms with van der Waals surface area (Å²) in [6.45, 7) is 2.44. The Morgan fingerprint density at radius 3 is 2.19 bits per heavy atom. The summed E-state index contributed by atoms with van der Waals surface area (Å²) < 4.78 is 98.2. The first-order chi connectivity index (χ1) is 16.8. The summed E-state index contributed by atoms with van der Waals surface area (Å²) in [4.78, 5) is 1.03. The second kappa shape index (κ2) is 10.8. The lowest BCUT2D eigenvalue weighted by molar-refractivity contribution is -0.200. The van der Waals surface area contributed by atoms with Gasteiger partial charge in [0.1, 0.15) is 17.3 Å². The fourth-order valence-corrected chi connectivity index (χ4v) is 3.60. The third-order valence-electron chi connectivity index (χ3n) is 5.63. The van der Waals surface area contributed by atoms with Crippen molar-refractivity contribution in [2.24, 2.45) is 0 Å². The minimum absolute atomic E-state index is 0.151. The number of benzene rings is 3. The molecule has 0 radical (unpaired) electrons. The monoisotopic (exact) mass is 515 g/mol. The Labute approximate surface area is 203 Å².